The fraction of sp³-hybridized carbons (Fsp3) is 0.261. The molecule has 1 N–H and O–H groups in total. The highest BCUT2D eigenvalue weighted by Crippen LogP contribution is 2.23. The largest absolute Gasteiger partial charge is 0.392 e. The van der Waals surface area contributed by atoms with Crippen molar-refractivity contribution in [3.8, 4) is 22.5 Å². The quantitative estimate of drug-likeness (QED) is 0.744. The van der Waals surface area contributed by atoms with Crippen LogP contribution in [0.3, 0.4) is 0 Å². The molecule has 1 aliphatic rings. The Morgan fingerprint density at radius 1 is 0.966 bits per heavy atom. The smallest absolute Gasteiger partial charge is 0.253 e. The highest BCUT2D eigenvalue weighted by Gasteiger charge is 2.20. The number of hydrogen-bond acceptors (Lipinski definition) is 5. The van der Waals surface area contributed by atoms with Crippen LogP contribution in [0.2, 0.25) is 0 Å². The Bertz CT molecular complexity index is 1010. The van der Waals surface area contributed by atoms with Crippen molar-refractivity contribution in [2.75, 3.05) is 33.2 Å². The molecule has 0 unspecified atom stereocenters. The molecular weight excluding hydrogens is 364 g/mol. The minimum Gasteiger partial charge on any atom is -0.392 e. The van der Waals surface area contributed by atoms with Crippen molar-refractivity contribution in [2.45, 2.75) is 6.61 Å². The van der Waals surface area contributed by atoms with Gasteiger partial charge >= 0.3 is 0 Å². The van der Waals surface area contributed by atoms with Crippen LogP contribution in [0.25, 0.3) is 22.5 Å². The molecule has 1 fully saturated rings. The molecule has 4 rings (SSSR count). The lowest BCUT2D eigenvalue weighted by Crippen LogP contribution is -2.47. The average Bonchev–Trinajstić information content (AvgIpc) is 2.79. The fourth-order valence-electron chi connectivity index (χ4n) is 3.48. The molecular formula is C23H24N4O2. The van der Waals surface area contributed by atoms with Crippen LogP contribution >= 0.6 is 0 Å². The fourth-order valence-corrected chi connectivity index (χ4v) is 3.48. The monoisotopic (exact) mass is 388 g/mol. The first-order chi connectivity index (χ1) is 14.1. The Morgan fingerprint density at radius 3 is 2.31 bits per heavy atom. The van der Waals surface area contributed by atoms with E-state index in [2.05, 4.69) is 16.9 Å². The highest BCUT2D eigenvalue weighted by molar-refractivity contribution is 5.95. The molecule has 148 valence electrons. The Morgan fingerprint density at radius 2 is 1.62 bits per heavy atom. The summed E-state index contributed by atoms with van der Waals surface area (Å²) < 4.78 is 0. The topological polar surface area (TPSA) is 69.6 Å². The number of aliphatic hydroxyl groups is 1. The molecule has 0 saturated carbocycles. The van der Waals surface area contributed by atoms with Crippen LogP contribution in [0.4, 0.5) is 0 Å². The van der Waals surface area contributed by atoms with Gasteiger partial charge in [0.2, 0.25) is 0 Å². The van der Waals surface area contributed by atoms with Gasteiger partial charge in [-0.1, -0.05) is 30.3 Å². The third-order valence-corrected chi connectivity index (χ3v) is 5.24. The van der Waals surface area contributed by atoms with Crippen molar-refractivity contribution in [1.82, 2.24) is 19.8 Å². The number of amides is 1. The maximum Gasteiger partial charge on any atom is 0.253 e. The van der Waals surface area contributed by atoms with Gasteiger partial charge in [0, 0.05) is 42.9 Å². The predicted octanol–water partition coefficient (Wildman–Crippen LogP) is 2.69. The molecule has 0 radical (unpaired) electrons. The molecule has 2 aromatic carbocycles. The summed E-state index contributed by atoms with van der Waals surface area (Å²) in [4.78, 5) is 26.1. The third-order valence-electron chi connectivity index (χ3n) is 5.24. The zero-order valence-corrected chi connectivity index (χ0v) is 16.5. The second kappa shape index (κ2) is 8.51. The van der Waals surface area contributed by atoms with Crippen molar-refractivity contribution in [3.05, 3.63) is 72.1 Å². The summed E-state index contributed by atoms with van der Waals surface area (Å²) >= 11 is 0. The standard InChI is InChI=1S/C23H24N4O2/c1-26-8-10-27(11-9-26)23(29)20-7-3-6-19(13-20)22-15-24-14-21(25-22)18-5-2-4-17(12-18)16-28/h2-7,12-15,28H,8-11,16H2,1H3. The number of aromatic nitrogens is 2. The second-order valence-electron chi connectivity index (χ2n) is 7.32. The molecule has 0 atom stereocenters. The number of benzene rings is 2. The number of hydrogen-bond donors (Lipinski definition) is 1. The van der Waals surface area contributed by atoms with Gasteiger partial charge in [-0.05, 0) is 30.8 Å². The van der Waals surface area contributed by atoms with Crippen molar-refractivity contribution < 1.29 is 9.90 Å². The van der Waals surface area contributed by atoms with E-state index in [0.717, 1.165) is 48.6 Å². The predicted molar refractivity (Wildman–Crippen MR) is 112 cm³/mol. The third kappa shape index (κ3) is 4.34. The Kier molecular flexibility index (Phi) is 5.64. The molecule has 6 heteroatoms. The van der Waals surface area contributed by atoms with Crippen LogP contribution < -0.4 is 0 Å². The van der Waals surface area contributed by atoms with E-state index in [1.807, 2.05) is 53.4 Å². The first-order valence-electron chi connectivity index (χ1n) is 9.74. The second-order valence-corrected chi connectivity index (χ2v) is 7.32. The van der Waals surface area contributed by atoms with Crippen molar-refractivity contribution in [1.29, 1.82) is 0 Å². The van der Waals surface area contributed by atoms with Crippen molar-refractivity contribution in [3.63, 3.8) is 0 Å². The lowest BCUT2D eigenvalue weighted by atomic mass is 10.1. The first kappa shape index (κ1) is 19.2. The lowest BCUT2D eigenvalue weighted by molar-refractivity contribution is 0.0664. The van der Waals surface area contributed by atoms with Gasteiger partial charge in [0.25, 0.3) is 5.91 Å². The number of carbonyl (C=O) groups is 1. The van der Waals surface area contributed by atoms with E-state index in [9.17, 15) is 9.90 Å². The van der Waals surface area contributed by atoms with Crippen molar-refractivity contribution in [2.24, 2.45) is 0 Å². The van der Waals surface area contributed by atoms with Crippen LogP contribution in [0, 0.1) is 0 Å². The SMILES string of the molecule is CN1CCN(C(=O)c2cccc(-c3cncc(-c4cccc(CO)c4)n3)c2)CC1. The van der Waals surface area contributed by atoms with Gasteiger partial charge in [-0.15, -0.1) is 0 Å². The van der Waals surface area contributed by atoms with Gasteiger partial charge in [0.15, 0.2) is 0 Å². The summed E-state index contributed by atoms with van der Waals surface area (Å²) in [6, 6.07) is 15.2. The summed E-state index contributed by atoms with van der Waals surface area (Å²) in [6.07, 6.45) is 3.41. The molecule has 0 spiro atoms. The van der Waals surface area contributed by atoms with Gasteiger partial charge in [0.05, 0.1) is 30.4 Å². The number of carbonyl (C=O) groups excluding carboxylic acids is 1. The van der Waals surface area contributed by atoms with Crippen molar-refractivity contribution >= 4 is 5.91 Å². The van der Waals surface area contributed by atoms with E-state index in [1.54, 1.807) is 12.4 Å². The molecule has 2 heterocycles. The van der Waals surface area contributed by atoms with E-state index in [0.29, 0.717) is 11.3 Å². The van der Waals surface area contributed by atoms with Gasteiger partial charge < -0.3 is 14.9 Å². The number of likely N-dealkylation sites (N-methyl/N-ethyl adjacent to an activating group) is 1. The molecule has 1 amide bonds. The van der Waals surface area contributed by atoms with Crippen LogP contribution in [0.5, 0.6) is 0 Å². The zero-order chi connectivity index (χ0) is 20.2. The minimum absolute atomic E-state index is 0.0165. The van der Waals surface area contributed by atoms with Crippen LogP contribution in [0.15, 0.2) is 60.9 Å². The summed E-state index contributed by atoms with van der Waals surface area (Å²) in [5.74, 6) is 0.0553. The number of nitrogens with zero attached hydrogens (tertiary/aromatic N) is 4. The van der Waals surface area contributed by atoms with Gasteiger partial charge in [-0.2, -0.15) is 0 Å². The number of rotatable bonds is 4. The summed E-state index contributed by atoms with van der Waals surface area (Å²) in [5.41, 5.74) is 4.70. The minimum atomic E-state index is -0.0165. The van der Waals surface area contributed by atoms with Crippen LogP contribution in [-0.4, -0.2) is 64.0 Å². The van der Waals surface area contributed by atoms with Gasteiger partial charge in [-0.25, -0.2) is 4.98 Å². The van der Waals surface area contributed by atoms with E-state index < -0.39 is 0 Å². The van der Waals surface area contributed by atoms with E-state index >= 15 is 0 Å². The van der Waals surface area contributed by atoms with Gasteiger partial charge in [0.1, 0.15) is 0 Å². The Balaban J connectivity index is 1.61. The average molecular weight is 388 g/mol. The molecule has 1 aromatic heterocycles. The summed E-state index contributed by atoms with van der Waals surface area (Å²) in [7, 11) is 2.07. The molecule has 6 nitrogen and oxygen atoms in total. The van der Waals surface area contributed by atoms with E-state index in [1.165, 1.54) is 0 Å². The number of piperazine rings is 1. The molecule has 29 heavy (non-hydrogen) atoms. The maximum atomic E-state index is 12.9. The Labute approximate surface area is 170 Å². The van der Waals surface area contributed by atoms with Gasteiger partial charge in [-0.3, -0.25) is 9.78 Å². The summed E-state index contributed by atoms with van der Waals surface area (Å²) in [6.45, 7) is 3.27. The maximum absolute atomic E-state index is 12.9. The van der Waals surface area contributed by atoms with E-state index in [4.69, 9.17) is 4.98 Å². The molecule has 1 saturated heterocycles. The normalized spacial score (nSPS) is 14.8. The molecule has 3 aromatic rings. The first-order valence-corrected chi connectivity index (χ1v) is 9.74. The van der Waals surface area contributed by atoms with E-state index in [-0.39, 0.29) is 12.5 Å². The molecule has 0 aliphatic carbocycles. The van der Waals surface area contributed by atoms with Crippen LogP contribution in [-0.2, 0) is 6.61 Å². The summed E-state index contributed by atoms with van der Waals surface area (Å²) in [5, 5.41) is 9.37. The lowest BCUT2D eigenvalue weighted by Gasteiger charge is -2.32. The van der Waals surface area contributed by atoms with Crippen LogP contribution in [0.1, 0.15) is 15.9 Å². The highest BCUT2D eigenvalue weighted by atomic mass is 16.3. The number of aliphatic hydroxyl groups excluding tert-OH is 1. The Hall–Kier alpha value is -3.09. The zero-order valence-electron chi connectivity index (χ0n) is 16.5. The molecule has 0 bridgehead atoms. The molecule has 1 aliphatic heterocycles.